The van der Waals surface area contributed by atoms with Crippen LogP contribution >= 0.6 is 0 Å². The van der Waals surface area contributed by atoms with E-state index in [9.17, 15) is 5.11 Å². The first-order valence-corrected chi connectivity index (χ1v) is 6.91. The van der Waals surface area contributed by atoms with Crippen molar-refractivity contribution in [1.82, 2.24) is 10.2 Å². The van der Waals surface area contributed by atoms with Crippen LogP contribution < -0.4 is 5.32 Å². The standard InChI is InChI=1S/C14H30N2O/c1-13(2,12-16(3)4)10-15-11-14(17)8-6-5-7-9-14/h15,17H,5-12H2,1-4H3. The van der Waals surface area contributed by atoms with Crippen molar-refractivity contribution in [3.05, 3.63) is 0 Å². The van der Waals surface area contributed by atoms with Gasteiger partial charge in [-0.2, -0.15) is 0 Å². The van der Waals surface area contributed by atoms with E-state index >= 15 is 0 Å². The summed E-state index contributed by atoms with van der Waals surface area (Å²) in [6.07, 6.45) is 5.58. The van der Waals surface area contributed by atoms with Gasteiger partial charge in [0.2, 0.25) is 0 Å². The van der Waals surface area contributed by atoms with Crippen LogP contribution in [0.15, 0.2) is 0 Å². The lowest BCUT2D eigenvalue weighted by Gasteiger charge is -2.34. The van der Waals surface area contributed by atoms with Crippen molar-refractivity contribution < 1.29 is 5.11 Å². The lowest BCUT2D eigenvalue weighted by molar-refractivity contribution is 0.00294. The predicted molar refractivity (Wildman–Crippen MR) is 73.2 cm³/mol. The number of hydrogen-bond acceptors (Lipinski definition) is 3. The van der Waals surface area contributed by atoms with E-state index in [4.69, 9.17) is 0 Å². The fraction of sp³-hybridized carbons (Fsp3) is 1.00. The van der Waals surface area contributed by atoms with Gasteiger partial charge in [-0.15, -0.1) is 0 Å². The zero-order chi connectivity index (χ0) is 12.9. The fourth-order valence-corrected chi connectivity index (χ4v) is 2.93. The maximum absolute atomic E-state index is 10.4. The summed E-state index contributed by atoms with van der Waals surface area (Å²) in [5.41, 5.74) is -0.180. The molecule has 3 heteroatoms. The lowest BCUT2D eigenvalue weighted by Crippen LogP contribution is -2.46. The number of nitrogens with one attached hydrogen (secondary N) is 1. The Hall–Kier alpha value is -0.120. The minimum Gasteiger partial charge on any atom is -0.389 e. The van der Waals surface area contributed by atoms with Crippen LogP contribution in [0.3, 0.4) is 0 Å². The minimum absolute atomic E-state index is 0.258. The average molecular weight is 242 g/mol. The predicted octanol–water partition coefficient (Wildman–Crippen LogP) is 1.86. The highest BCUT2D eigenvalue weighted by Crippen LogP contribution is 2.27. The molecule has 0 radical (unpaired) electrons. The highest BCUT2D eigenvalue weighted by molar-refractivity contribution is 4.85. The SMILES string of the molecule is CN(C)CC(C)(C)CNCC1(O)CCCCC1. The number of rotatable bonds is 6. The van der Waals surface area contributed by atoms with E-state index in [2.05, 4.69) is 38.2 Å². The molecule has 0 bridgehead atoms. The molecule has 0 aromatic carbocycles. The zero-order valence-electron chi connectivity index (χ0n) is 12.1. The third-order valence-corrected chi connectivity index (χ3v) is 3.59. The second kappa shape index (κ2) is 6.17. The Morgan fingerprint density at radius 1 is 1.18 bits per heavy atom. The summed E-state index contributed by atoms with van der Waals surface area (Å²) in [6, 6.07) is 0. The van der Waals surface area contributed by atoms with Gasteiger partial charge in [0.05, 0.1) is 5.60 Å². The van der Waals surface area contributed by atoms with Crippen molar-refractivity contribution in [1.29, 1.82) is 0 Å². The molecule has 17 heavy (non-hydrogen) atoms. The Labute approximate surface area is 107 Å². The second-order valence-corrected chi connectivity index (χ2v) is 6.79. The Bertz CT molecular complexity index is 220. The Morgan fingerprint density at radius 2 is 1.76 bits per heavy atom. The maximum atomic E-state index is 10.4. The van der Waals surface area contributed by atoms with E-state index in [1.807, 2.05) is 0 Å². The Morgan fingerprint density at radius 3 is 2.29 bits per heavy atom. The van der Waals surface area contributed by atoms with Crippen molar-refractivity contribution in [2.24, 2.45) is 5.41 Å². The van der Waals surface area contributed by atoms with Gasteiger partial charge >= 0.3 is 0 Å². The van der Waals surface area contributed by atoms with Crippen LogP contribution in [0, 0.1) is 5.41 Å². The van der Waals surface area contributed by atoms with Crippen molar-refractivity contribution in [2.45, 2.75) is 51.6 Å². The van der Waals surface area contributed by atoms with Crippen LogP contribution in [0.2, 0.25) is 0 Å². The molecule has 0 aromatic heterocycles. The van der Waals surface area contributed by atoms with Crippen LogP contribution in [0.1, 0.15) is 46.0 Å². The van der Waals surface area contributed by atoms with Crippen molar-refractivity contribution in [3.8, 4) is 0 Å². The number of nitrogens with zero attached hydrogens (tertiary/aromatic N) is 1. The number of hydrogen-bond donors (Lipinski definition) is 2. The van der Waals surface area contributed by atoms with E-state index in [0.717, 1.165) is 32.5 Å². The Balaban J connectivity index is 2.26. The van der Waals surface area contributed by atoms with Crippen LogP contribution in [0.4, 0.5) is 0 Å². The van der Waals surface area contributed by atoms with E-state index in [1.165, 1.54) is 19.3 Å². The smallest absolute Gasteiger partial charge is 0.0771 e. The van der Waals surface area contributed by atoms with E-state index in [0.29, 0.717) is 0 Å². The molecule has 3 nitrogen and oxygen atoms in total. The van der Waals surface area contributed by atoms with Gasteiger partial charge in [-0.3, -0.25) is 0 Å². The monoisotopic (exact) mass is 242 g/mol. The van der Waals surface area contributed by atoms with E-state index < -0.39 is 5.60 Å². The van der Waals surface area contributed by atoms with Crippen molar-refractivity contribution in [2.75, 3.05) is 33.7 Å². The molecule has 102 valence electrons. The molecule has 0 unspecified atom stereocenters. The van der Waals surface area contributed by atoms with E-state index in [-0.39, 0.29) is 5.41 Å². The summed E-state index contributed by atoms with van der Waals surface area (Å²) < 4.78 is 0. The molecular weight excluding hydrogens is 212 g/mol. The van der Waals surface area contributed by atoms with Gasteiger partial charge in [0.1, 0.15) is 0 Å². The first kappa shape index (κ1) is 14.9. The third kappa shape index (κ3) is 5.84. The molecule has 1 fully saturated rings. The summed E-state index contributed by atoms with van der Waals surface area (Å²) >= 11 is 0. The van der Waals surface area contributed by atoms with Gasteiger partial charge < -0.3 is 15.3 Å². The normalized spacial score (nSPS) is 20.8. The van der Waals surface area contributed by atoms with Gasteiger partial charge in [-0.25, -0.2) is 0 Å². The largest absolute Gasteiger partial charge is 0.389 e. The fourth-order valence-electron chi connectivity index (χ4n) is 2.93. The molecule has 1 aliphatic rings. The van der Waals surface area contributed by atoms with Gasteiger partial charge in [0, 0.05) is 19.6 Å². The van der Waals surface area contributed by atoms with Gasteiger partial charge in [0.25, 0.3) is 0 Å². The quantitative estimate of drug-likeness (QED) is 0.746. The van der Waals surface area contributed by atoms with Crippen molar-refractivity contribution in [3.63, 3.8) is 0 Å². The molecule has 2 N–H and O–H groups in total. The van der Waals surface area contributed by atoms with Crippen LogP contribution in [0.5, 0.6) is 0 Å². The third-order valence-electron chi connectivity index (χ3n) is 3.59. The van der Waals surface area contributed by atoms with Crippen molar-refractivity contribution >= 4 is 0 Å². The summed E-state index contributed by atoms with van der Waals surface area (Å²) in [5, 5.41) is 13.8. The molecule has 1 aliphatic carbocycles. The molecule has 0 saturated heterocycles. The summed E-state index contributed by atoms with van der Waals surface area (Å²) in [7, 11) is 4.22. The van der Waals surface area contributed by atoms with Gasteiger partial charge in [-0.05, 0) is 32.4 Å². The average Bonchev–Trinajstić information content (AvgIpc) is 2.15. The first-order chi connectivity index (χ1) is 7.83. The minimum atomic E-state index is -0.438. The molecular formula is C14H30N2O. The highest BCUT2D eigenvalue weighted by atomic mass is 16.3. The molecule has 1 saturated carbocycles. The van der Waals surface area contributed by atoms with E-state index in [1.54, 1.807) is 0 Å². The Kier molecular flexibility index (Phi) is 5.42. The highest BCUT2D eigenvalue weighted by Gasteiger charge is 2.29. The summed E-state index contributed by atoms with van der Waals surface area (Å²) in [4.78, 5) is 2.22. The first-order valence-electron chi connectivity index (χ1n) is 6.91. The van der Waals surface area contributed by atoms with Crippen LogP contribution in [0.25, 0.3) is 0 Å². The summed E-state index contributed by atoms with van der Waals surface area (Å²) in [5.74, 6) is 0. The van der Waals surface area contributed by atoms with Gasteiger partial charge in [-0.1, -0.05) is 33.1 Å². The molecule has 0 spiro atoms. The number of aliphatic hydroxyl groups is 1. The molecule has 0 aromatic rings. The molecule has 0 amide bonds. The molecule has 0 aliphatic heterocycles. The maximum Gasteiger partial charge on any atom is 0.0771 e. The zero-order valence-corrected chi connectivity index (χ0v) is 12.1. The van der Waals surface area contributed by atoms with Crippen LogP contribution in [-0.4, -0.2) is 49.3 Å². The molecule has 0 heterocycles. The van der Waals surface area contributed by atoms with Crippen LogP contribution in [-0.2, 0) is 0 Å². The molecule has 0 atom stereocenters. The van der Waals surface area contributed by atoms with Gasteiger partial charge in [0.15, 0.2) is 0 Å². The second-order valence-electron chi connectivity index (χ2n) is 6.79. The summed E-state index contributed by atoms with van der Waals surface area (Å²) in [6.45, 7) is 7.33. The lowest BCUT2D eigenvalue weighted by atomic mass is 9.84. The topological polar surface area (TPSA) is 35.5 Å². The molecule has 1 rings (SSSR count).